The Morgan fingerprint density at radius 3 is 2.38 bits per heavy atom. The lowest BCUT2D eigenvalue weighted by molar-refractivity contribution is 0.102. The van der Waals surface area contributed by atoms with Gasteiger partial charge in [-0.2, -0.15) is 0 Å². The van der Waals surface area contributed by atoms with Gasteiger partial charge in [0.15, 0.2) is 0 Å². The average molecular weight is 352 g/mol. The van der Waals surface area contributed by atoms with Crippen molar-refractivity contribution >= 4 is 11.6 Å². The lowest BCUT2D eigenvalue weighted by Crippen LogP contribution is -2.18. The van der Waals surface area contributed by atoms with Gasteiger partial charge in [-0.25, -0.2) is 0 Å². The van der Waals surface area contributed by atoms with E-state index in [0.717, 1.165) is 30.8 Å². The third-order valence-corrected chi connectivity index (χ3v) is 4.70. The summed E-state index contributed by atoms with van der Waals surface area (Å²) in [4.78, 5) is 14.9. The van der Waals surface area contributed by atoms with E-state index in [1.807, 2.05) is 24.3 Å². The second kappa shape index (κ2) is 9.39. The number of anilines is 1. The molecular weight excluding hydrogens is 324 g/mol. The van der Waals surface area contributed by atoms with Crippen molar-refractivity contribution in [3.05, 3.63) is 59.7 Å². The Morgan fingerprint density at radius 1 is 1.04 bits per heavy atom. The minimum absolute atomic E-state index is 0.0996. The molecule has 0 saturated carbocycles. The first-order chi connectivity index (χ1) is 12.7. The van der Waals surface area contributed by atoms with Gasteiger partial charge in [0.05, 0.1) is 6.61 Å². The number of hydrogen-bond donors (Lipinski definition) is 1. The number of likely N-dealkylation sites (tertiary alicyclic amines) is 1. The van der Waals surface area contributed by atoms with Crippen LogP contribution in [0.1, 0.15) is 48.5 Å². The first-order valence-corrected chi connectivity index (χ1v) is 9.60. The Kier molecular flexibility index (Phi) is 6.67. The summed E-state index contributed by atoms with van der Waals surface area (Å²) in [5, 5.41) is 2.96. The molecule has 0 bridgehead atoms. The molecule has 0 aromatic heterocycles. The molecule has 1 aliphatic heterocycles. The molecule has 1 amide bonds. The number of hydrogen-bond acceptors (Lipinski definition) is 3. The van der Waals surface area contributed by atoms with Gasteiger partial charge < -0.3 is 10.1 Å². The monoisotopic (exact) mass is 352 g/mol. The quantitative estimate of drug-likeness (QED) is 0.699. The van der Waals surface area contributed by atoms with Crippen LogP contribution in [0.5, 0.6) is 5.75 Å². The molecule has 1 heterocycles. The SMILES string of the molecule is CCCCOc1ccc(C(=O)Nc2ccc(CN3CCCC3)cc2)cc1. The minimum Gasteiger partial charge on any atom is -0.494 e. The summed E-state index contributed by atoms with van der Waals surface area (Å²) < 4.78 is 5.63. The number of amides is 1. The lowest BCUT2D eigenvalue weighted by atomic mass is 10.1. The van der Waals surface area contributed by atoms with Crippen LogP contribution < -0.4 is 10.1 Å². The zero-order chi connectivity index (χ0) is 18.2. The van der Waals surface area contributed by atoms with Crippen molar-refractivity contribution in [3.63, 3.8) is 0 Å². The number of carbonyl (C=O) groups excluding carboxylic acids is 1. The Hall–Kier alpha value is -2.33. The standard InChI is InChI=1S/C22H28N2O2/c1-2-3-16-26-21-12-8-19(9-13-21)22(25)23-20-10-6-18(7-11-20)17-24-14-4-5-15-24/h6-13H,2-5,14-17H2,1H3,(H,23,25). The third kappa shape index (κ3) is 5.33. The molecule has 138 valence electrons. The number of nitrogens with one attached hydrogen (secondary N) is 1. The summed E-state index contributed by atoms with van der Waals surface area (Å²) in [7, 11) is 0. The molecule has 0 spiro atoms. The largest absolute Gasteiger partial charge is 0.494 e. The van der Waals surface area contributed by atoms with Gasteiger partial charge in [0.1, 0.15) is 5.75 Å². The van der Waals surface area contributed by atoms with E-state index in [9.17, 15) is 4.79 Å². The van der Waals surface area contributed by atoms with Crippen molar-refractivity contribution in [3.8, 4) is 5.75 Å². The van der Waals surface area contributed by atoms with Crippen molar-refractivity contribution < 1.29 is 9.53 Å². The molecule has 0 unspecified atom stereocenters. The van der Waals surface area contributed by atoms with Crippen LogP contribution in [0, 0.1) is 0 Å². The maximum atomic E-state index is 12.4. The Labute approximate surface area is 156 Å². The van der Waals surface area contributed by atoms with E-state index >= 15 is 0 Å². The molecule has 1 saturated heterocycles. The van der Waals surface area contributed by atoms with Crippen LogP contribution in [-0.2, 0) is 6.54 Å². The highest BCUT2D eigenvalue weighted by molar-refractivity contribution is 6.04. The molecule has 4 heteroatoms. The normalized spacial score (nSPS) is 14.3. The van der Waals surface area contributed by atoms with Crippen molar-refractivity contribution in [1.82, 2.24) is 4.90 Å². The number of rotatable bonds is 8. The van der Waals surface area contributed by atoms with Crippen LogP contribution in [0.15, 0.2) is 48.5 Å². The fraction of sp³-hybridized carbons (Fsp3) is 0.409. The summed E-state index contributed by atoms with van der Waals surface area (Å²) in [6.45, 7) is 6.22. The van der Waals surface area contributed by atoms with E-state index in [4.69, 9.17) is 4.74 Å². The smallest absolute Gasteiger partial charge is 0.255 e. The number of nitrogens with zero attached hydrogens (tertiary/aromatic N) is 1. The Bertz CT molecular complexity index is 689. The lowest BCUT2D eigenvalue weighted by Gasteiger charge is -2.14. The fourth-order valence-corrected chi connectivity index (χ4v) is 3.13. The van der Waals surface area contributed by atoms with Gasteiger partial charge in [-0.1, -0.05) is 25.5 Å². The van der Waals surface area contributed by atoms with Gasteiger partial charge in [0.25, 0.3) is 5.91 Å². The predicted molar refractivity (Wildman–Crippen MR) is 106 cm³/mol. The van der Waals surface area contributed by atoms with E-state index in [-0.39, 0.29) is 5.91 Å². The van der Waals surface area contributed by atoms with Gasteiger partial charge in [0.2, 0.25) is 0 Å². The molecule has 0 radical (unpaired) electrons. The van der Waals surface area contributed by atoms with E-state index in [1.54, 1.807) is 12.1 Å². The Morgan fingerprint density at radius 2 is 1.73 bits per heavy atom. The van der Waals surface area contributed by atoms with Crippen LogP contribution in [0.4, 0.5) is 5.69 Å². The molecule has 2 aromatic carbocycles. The molecule has 1 N–H and O–H groups in total. The highest BCUT2D eigenvalue weighted by Gasteiger charge is 2.12. The topological polar surface area (TPSA) is 41.6 Å². The number of unbranched alkanes of at least 4 members (excludes halogenated alkanes) is 1. The van der Waals surface area contributed by atoms with Crippen LogP contribution >= 0.6 is 0 Å². The minimum atomic E-state index is -0.0996. The van der Waals surface area contributed by atoms with E-state index in [1.165, 1.54) is 31.5 Å². The molecule has 0 atom stereocenters. The van der Waals surface area contributed by atoms with Crippen molar-refractivity contribution in [2.24, 2.45) is 0 Å². The Balaban J connectivity index is 1.52. The molecular formula is C22H28N2O2. The van der Waals surface area contributed by atoms with Gasteiger partial charge in [0, 0.05) is 17.8 Å². The first kappa shape index (κ1) is 18.5. The van der Waals surface area contributed by atoms with Crippen molar-refractivity contribution in [2.45, 2.75) is 39.2 Å². The highest BCUT2D eigenvalue weighted by Crippen LogP contribution is 2.17. The van der Waals surface area contributed by atoms with Gasteiger partial charge in [-0.15, -0.1) is 0 Å². The molecule has 1 fully saturated rings. The first-order valence-electron chi connectivity index (χ1n) is 9.60. The predicted octanol–water partition coefficient (Wildman–Crippen LogP) is 4.71. The zero-order valence-electron chi connectivity index (χ0n) is 15.5. The molecule has 0 aliphatic carbocycles. The molecule has 1 aliphatic rings. The maximum Gasteiger partial charge on any atom is 0.255 e. The summed E-state index contributed by atoms with van der Waals surface area (Å²) >= 11 is 0. The highest BCUT2D eigenvalue weighted by atomic mass is 16.5. The summed E-state index contributed by atoms with van der Waals surface area (Å²) in [5.41, 5.74) is 2.75. The molecule has 3 rings (SSSR count). The van der Waals surface area contributed by atoms with Crippen molar-refractivity contribution in [1.29, 1.82) is 0 Å². The average Bonchev–Trinajstić information content (AvgIpc) is 3.17. The van der Waals surface area contributed by atoms with Gasteiger partial charge in [-0.3, -0.25) is 9.69 Å². The molecule has 4 nitrogen and oxygen atoms in total. The summed E-state index contributed by atoms with van der Waals surface area (Å²) in [5.74, 6) is 0.707. The summed E-state index contributed by atoms with van der Waals surface area (Å²) in [6, 6.07) is 15.5. The van der Waals surface area contributed by atoms with Gasteiger partial charge >= 0.3 is 0 Å². The van der Waals surface area contributed by atoms with Gasteiger partial charge in [-0.05, 0) is 74.3 Å². The van der Waals surface area contributed by atoms with Crippen LogP contribution in [0.3, 0.4) is 0 Å². The maximum absolute atomic E-state index is 12.4. The number of ether oxygens (including phenoxy) is 1. The van der Waals surface area contributed by atoms with E-state index in [2.05, 4.69) is 29.3 Å². The fourth-order valence-electron chi connectivity index (χ4n) is 3.13. The van der Waals surface area contributed by atoms with Crippen molar-refractivity contribution in [2.75, 3.05) is 25.0 Å². The molecule has 2 aromatic rings. The number of carbonyl (C=O) groups is 1. The molecule has 26 heavy (non-hydrogen) atoms. The van der Waals surface area contributed by atoms with Crippen LogP contribution in [0.2, 0.25) is 0 Å². The van der Waals surface area contributed by atoms with E-state index < -0.39 is 0 Å². The third-order valence-electron chi connectivity index (χ3n) is 4.70. The zero-order valence-corrected chi connectivity index (χ0v) is 15.5. The second-order valence-electron chi connectivity index (χ2n) is 6.86. The van der Waals surface area contributed by atoms with Crippen LogP contribution in [-0.4, -0.2) is 30.5 Å². The van der Waals surface area contributed by atoms with E-state index in [0.29, 0.717) is 12.2 Å². The second-order valence-corrected chi connectivity index (χ2v) is 6.86. The summed E-state index contributed by atoms with van der Waals surface area (Å²) in [6.07, 6.45) is 4.75. The number of benzene rings is 2. The van der Waals surface area contributed by atoms with Crippen LogP contribution in [0.25, 0.3) is 0 Å².